The highest BCUT2D eigenvalue weighted by Gasteiger charge is 2.21. The summed E-state index contributed by atoms with van der Waals surface area (Å²) in [6.07, 6.45) is 2.03. The molecule has 4 nitrogen and oxygen atoms in total. The van der Waals surface area contributed by atoms with Crippen LogP contribution in [0.4, 0.5) is 0 Å². The van der Waals surface area contributed by atoms with Crippen molar-refractivity contribution in [3.05, 3.63) is 69.3 Å². The highest BCUT2D eigenvalue weighted by molar-refractivity contribution is 7.09. The van der Waals surface area contributed by atoms with E-state index < -0.39 is 0 Å². The van der Waals surface area contributed by atoms with E-state index in [1.807, 2.05) is 11.6 Å². The number of rotatable bonds is 2. The molecule has 0 unspecified atom stereocenters. The smallest absolute Gasteiger partial charge is 0.279 e. The summed E-state index contributed by atoms with van der Waals surface area (Å²) in [4.78, 5) is 18.9. The Morgan fingerprint density at radius 1 is 1.12 bits per heavy atom. The number of hydrogen-bond acceptors (Lipinski definition) is 3. The number of methoxy groups -OCH3 is 1. The molecule has 3 aromatic rings. The van der Waals surface area contributed by atoms with Crippen molar-refractivity contribution in [3.8, 4) is 17.0 Å². The van der Waals surface area contributed by atoms with E-state index in [1.54, 1.807) is 42.7 Å². The van der Waals surface area contributed by atoms with E-state index in [2.05, 4.69) is 29.3 Å². The van der Waals surface area contributed by atoms with E-state index in [-0.39, 0.29) is 5.91 Å². The number of amides is 1. The quantitative estimate of drug-likeness (QED) is 0.709. The number of aromatic nitrogens is 1. The summed E-state index contributed by atoms with van der Waals surface area (Å²) in [5.41, 5.74) is 4.36. The molecule has 0 aliphatic heterocycles. The number of carbonyl (C=O) groups excluding carboxylic acids is 1. The molecule has 0 fully saturated rings. The number of nitrogens with zero attached hydrogens (tertiary/aromatic N) is 2. The van der Waals surface area contributed by atoms with Crippen molar-refractivity contribution in [2.24, 2.45) is 12.0 Å². The maximum Gasteiger partial charge on any atom is 0.279 e. The molecule has 1 amide bonds. The lowest BCUT2D eigenvalue weighted by Gasteiger charge is -2.16. The number of ether oxygens (including phenoxy) is 1. The summed E-state index contributed by atoms with van der Waals surface area (Å²) in [5, 5.41) is 0. The monoisotopic (exact) mass is 350 g/mol. The molecule has 0 spiro atoms. The molecule has 4 rings (SSSR count). The molecule has 25 heavy (non-hydrogen) atoms. The van der Waals surface area contributed by atoms with Gasteiger partial charge in [-0.05, 0) is 42.7 Å². The number of benzene rings is 2. The minimum Gasteiger partial charge on any atom is -0.497 e. The van der Waals surface area contributed by atoms with Crippen molar-refractivity contribution in [2.45, 2.75) is 12.8 Å². The van der Waals surface area contributed by atoms with Crippen molar-refractivity contribution in [1.82, 2.24) is 4.57 Å². The van der Waals surface area contributed by atoms with E-state index in [1.165, 1.54) is 21.7 Å². The van der Waals surface area contributed by atoms with Crippen LogP contribution in [0.1, 0.15) is 20.8 Å². The lowest BCUT2D eigenvalue weighted by molar-refractivity contribution is 0.0998. The average Bonchev–Trinajstić information content (AvgIpc) is 2.98. The normalized spacial score (nSPS) is 13.3. The SMILES string of the molecule is COc1ccc(C(=O)N=c2sc3c(n2C)-c2ccccc2CC3)cc1. The van der Waals surface area contributed by atoms with Crippen LogP contribution < -0.4 is 9.54 Å². The van der Waals surface area contributed by atoms with E-state index >= 15 is 0 Å². The molecule has 0 saturated carbocycles. The fourth-order valence-electron chi connectivity index (χ4n) is 3.21. The van der Waals surface area contributed by atoms with Crippen molar-refractivity contribution in [3.63, 3.8) is 0 Å². The summed E-state index contributed by atoms with van der Waals surface area (Å²) < 4.78 is 7.17. The molecule has 0 radical (unpaired) electrons. The molecule has 0 atom stereocenters. The second kappa shape index (κ2) is 6.33. The predicted molar refractivity (Wildman–Crippen MR) is 99.0 cm³/mol. The van der Waals surface area contributed by atoms with Crippen LogP contribution in [0.5, 0.6) is 5.75 Å². The van der Waals surface area contributed by atoms with Crippen LogP contribution >= 0.6 is 11.3 Å². The minimum absolute atomic E-state index is 0.231. The first kappa shape index (κ1) is 15.8. The Labute approximate surface area is 150 Å². The van der Waals surface area contributed by atoms with Crippen LogP contribution in [0.2, 0.25) is 0 Å². The molecule has 1 aliphatic carbocycles. The molecule has 5 heteroatoms. The van der Waals surface area contributed by atoms with E-state index in [0.717, 1.165) is 23.4 Å². The van der Waals surface area contributed by atoms with Gasteiger partial charge < -0.3 is 9.30 Å². The van der Waals surface area contributed by atoms with Gasteiger partial charge in [0, 0.05) is 23.1 Å². The predicted octanol–water partition coefficient (Wildman–Crippen LogP) is 3.60. The molecular formula is C20H18N2O2S. The molecule has 2 aromatic carbocycles. The standard InChI is InChI=1S/C20H18N2O2S/c1-22-18-16-6-4-3-5-13(16)9-12-17(18)25-20(22)21-19(23)14-7-10-15(24-2)11-8-14/h3-8,10-11H,9,12H2,1-2H3. The molecule has 0 N–H and O–H groups in total. The van der Waals surface area contributed by atoms with Crippen molar-refractivity contribution >= 4 is 17.2 Å². The van der Waals surface area contributed by atoms with Crippen molar-refractivity contribution < 1.29 is 9.53 Å². The fraction of sp³-hybridized carbons (Fsp3) is 0.200. The first-order chi connectivity index (χ1) is 12.2. The molecular weight excluding hydrogens is 332 g/mol. The maximum atomic E-state index is 12.5. The van der Waals surface area contributed by atoms with Gasteiger partial charge in [0.2, 0.25) is 0 Å². The van der Waals surface area contributed by atoms with Gasteiger partial charge in [-0.3, -0.25) is 4.79 Å². The van der Waals surface area contributed by atoms with Crippen LogP contribution in [-0.4, -0.2) is 17.6 Å². The molecule has 1 heterocycles. The zero-order valence-electron chi connectivity index (χ0n) is 14.2. The van der Waals surface area contributed by atoms with E-state index in [0.29, 0.717) is 5.56 Å². The molecule has 126 valence electrons. The Bertz CT molecular complexity index is 1010. The Balaban J connectivity index is 1.76. The van der Waals surface area contributed by atoms with Crippen LogP contribution in [0.25, 0.3) is 11.3 Å². The number of carbonyl (C=O) groups is 1. The third kappa shape index (κ3) is 2.81. The average molecular weight is 350 g/mol. The summed E-state index contributed by atoms with van der Waals surface area (Å²) >= 11 is 1.61. The molecule has 1 aromatic heterocycles. The summed E-state index contributed by atoms with van der Waals surface area (Å²) in [6, 6.07) is 15.5. The van der Waals surface area contributed by atoms with E-state index in [9.17, 15) is 4.79 Å². The van der Waals surface area contributed by atoms with Crippen LogP contribution in [0, 0.1) is 0 Å². The summed E-state index contributed by atoms with van der Waals surface area (Å²) in [7, 11) is 3.59. The highest BCUT2D eigenvalue weighted by atomic mass is 32.1. The highest BCUT2D eigenvalue weighted by Crippen LogP contribution is 2.34. The van der Waals surface area contributed by atoms with Crippen LogP contribution in [0.3, 0.4) is 0 Å². The van der Waals surface area contributed by atoms with Crippen molar-refractivity contribution in [2.75, 3.05) is 7.11 Å². The Morgan fingerprint density at radius 2 is 1.88 bits per heavy atom. The number of fused-ring (bicyclic) bond motifs is 3. The van der Waals surface area contributed by atoms with E-state index in [4.69, 9.17) is 4.74 Å². The third-order valence-corrected chi connectivity index (χ3v) is 5.72. The molecule has 0 bridgehead atoms. The van der Waals surface area contributed by atoms with Gasteiger partial charge in [-0.1, -0.05) is 24.3 Å². The summed E-state index contributed by atoms with van der Waals surface area (Å²) in [5.74, 6) is 0.496. The Kier molecular flexibility index (Phi) is 4.01. The zero-order chi connectivity index (χ0) is 17.4. The fourth-order valence-corrected chi connectivity index (χ4v) is 4.34. The maximum absolute atomic E-state index is 12.5. The van der Waals surface area contributed by atoms with Gasteiger partial charge in [0.15, 0.2) is 4.80 Å². The van der Waals surface area contributed by atoms with Crippen LogP contribution in [-0.2, 0) is 19.9 Å². The van der Waals surface area contributed by atoms with Gasteiger partial charge in [0.25, 0.3) is 5.91 Å². The first-order valence-corrected chi connectivity index (χ1v) is 8.99. The Hall–Kier alpha value is -2.66. The zero-order valence-corrected chi connectivity index (χ0v) is 15.0. The van der Waals surface area contributed by atoms with Gasteiger partial charge in [0.05, 0.1) is 12.8 Å². The first-order valence-electron chi connectivity index (χ1n) is 8.17. The summed E-state index contributed by atoms with van der Waals surface area (Å²) in [6.45, 7) is 0. The number of hydrogen-bond donors (Lipinski definition) is 0. The van der Waals surface area contributed by atoms with Gasteiger partial charge >= 0.3 is 0 Å². The number of aryl methyl sites for hydroxylation is 2. The lowest BCUT2D eigenvalue weighted by Crippen LogP contribution is -2.15. The number of thiazole rings is 1. The largest absolute Gasteiger partial charge is 0.497 e. The van der Waals surface area contributed by atoms with Gasteiger partial charge in [0.1, 0.15) is 5.75 Å². The topological polar surface area (TPSA) is 43.6 Å². The molecule has 0 saturated heterocycles. The second-order valence-electron chi connectivity index (χ2n) is 6.02. The second-order valence-corrected chi connectivity index (χ2v) is 7.08. The lowest BCUT2D eigenvalue weighted by atomic mass is 9.93. The van der Waals surface area contributed by atoms with Gasteiger partial charge in [-0.15, -0.1) is 11.3 Å². The van der Waals surface area contributed by atoms with Gasteiger partial charge in [-0.2, -0.15) is 4.99 Å². The van der Waals surface area contributed by atoms with Crippen molar-refractivity contribution in [1.29, 1.82) is 0 Å². The van der Waals surface area contributed by atoms with Gasteiger partial charge in [-0.25, -0.2) is 0 Å². The Morgan fingerprint density at radius 3 is 2.64 bits per heavy atom. The minimum atomic E-state index is -0.231. The van der Waals surface area contributed by atoms with Crippen LogP contribution in [0.15, 0.2) is 53.5 Å². The third-order valence-electron chi connectivity index (χ3n) is 4.53. The molecule has 1 aliphatic rings.